The molecule has 0 aromatic heterocycles. The lowest BCUT2D eigenvalue weighted by Gasteiger charge is -2.07. The highest BCUT2D eigenvalue weighted by Gasteiger charge is 2.25. The van der Waals surface area contributed by atoms with Crippen LogP contribution in [0.1, 0.15) is 20.3 Å². The Morgan fingerprint density at radius 3 is 2.58 bits per heavy atom. The zero-order valence-electron chi connectivity index (χ0n) is 7.92. The van der Waals surface area contributed by atoms with E-state index in [0.717, 1.165) is 11.3 Å². The fourth-order valence-corrected chi connectivity index (χ4v) is 1.31. The molecule has 0 aromatic carbocycles. The second-order valence-corrected chi connectivity index (χ2v) is 3.54. The van der Waals surface area contributed by atoms with E-state index in [0.29, 0.717) is 12.3 Å². The molecule has 12 heavy (non-hydrogen) atoms. The first-order valence-electron chi connectivity index (χ1n) is 4.19. The molecule has 0 aromatic rings. The molecule has 3 heteroatoms. The van der Waals surface area contributed by atoms with E-state index in [4.69, 9.17) is 0 Å². The standard InChI is InChI=1S/C9H14BNO/c1-6(2)4-8-5-7(3)11(10)9(8)12/h4,6H,3,5,10H2,1-2H3/b8-4-. The molecule has 1 amide bonds. The van der Waals surface area contributed by atoms with Crippen LogP contribution in [0.2, 0.25) is 0 Å². The fourth-order valence-electron chi connectivity index (χ4n) is 1.31. The van der Waals surface area contributed by atoms with Gasteiger partial charge in [-0.1, -0.05) is 26.5 Å². The first-order chi connectivity index (χ1) is 5.52. The van der Waals surface area contributed by atoms with Gasteiger partial charge in [0.1, 0.15) is 0 Å². The highest BCUT2D eigenvalue weighted by Crippen LogP contribution is 2.24. The van der Waals surface area contributed by atoms with Gasteiger partial charge in [0.15, 0.2) is 0 Å². The lowest BCUT2D eigenvalue weighted by Crippen LogP contribution is -2.19. The molecule has 1 aliphatic heterocycles. The van der Waals surface area contributed by atoms with E-state index in [2.05, 4.69) is 20.4 Å². The van der Waals surface area contributed by atoms with Crippen LogP contribution in [0, 0.1) is 5.92 Å². The van der Waals surface area contributed by atoms with Gasteiger partial charge in [0.2, 0.25) is 13.9 Å². The Bertz CT molecular complexity index is 255. The molecule has 0 atom stereocenters. The van der Waals surface area contributed by atoms with E-state index in [1.807, 2.05) is 6.08 Å². The molecule has 0 N–H and O–H groups in total. The van der Waals surface area contributed by atoms with Crippen LogP contribution < -0.4 is 0 Å². The molecule has 0 radical (unpaired) electrons. The minimum Gasteiger partial charge on any atom is -0.365 e. The van der Waals surface area contributed by atoms with Gasteiger partial charge < -0.3 is 4.81 Å². The van der Waals surface area contributed by atoms with Crippen LogP contribution in [-0.4, -0.2) is 18.7 Å². The molecule has 1 fully saturated rings. The van der Waals surface area contributed by atoms with Crippen molar-refractivity contribution in [1.29, 1.82) is 0 Å². The molecule has 0 aliphatic carbocycles. The molecule has 1 rings (SSSR count). The van der Waals surface area contributed by atoms with Crippen molar-refractivity contribution >= 4 is 13.9 Å². The lowest BCUT2D eigenvalue weighted by molar-refractivity contribution is -0.120. The quantitative estimate of drug-likeness (QED) is 0.414. The first-order valence-corrected chi connectivity index (χ1v) is 4.19. The van der Waals surface area contributed by atoms with Gasteiger partial charge in [-0.15, -0.1) is 0 Å². The minimum atomic E-state index is 0.105. The van der Waals surface area contributed by atoms with Crippen molar-refractivity contribution in [3.63, 3.8) is 0 Å². The number of hydrogen-bond acceptors (Lipinski definition) is 1. The third-order valence-corrected chi connectivity index (χ3v) is 1.98. The van der Waals surface area contributed by atoms with Crippen molar-refractivity contribution in [2.75, 3.05) is 0 Å². The van der Waals surface area contributed by atoms with Gasteiger partial charge in [-0.25, -0.2) is 0 Å². The predicted molar refractivity (Wildman–Crippen MR) is 52.1 cm³/mol. The number of carbonyl (C=O) groups is 1. The summed E-state index contributed by atoms with van der Waals surface area (Å²) in [6, 6.07) is 0. The second-order valence-electron chi connectivity index (χ2n) is 3.54. The summed E-state index contributed by atoms with van der Waals surface area (Å²) in [5.74, 6) is 0.539. The van der Waals surface area contributed by atoms with E-state index in [1.165, 1.54) is 0 Å². The highest BCUT2D eigenvalue weighted by molar-refractivity contribution is 6.21. The van der Waals surface area contributed by atoms with E-state index in [-0.39, 0.29) is 5.91 Å². The maximum Gasteiger partial charge on any atom is 0.241 e. The Morgan fingerprint density at radius 2 is 2.25 bits per heavy atom. The van der Waals surface area contributed by atoms with E-state index < -0.39 is 0 Å². The summed E-state index contributed by atoms with van der Waals surface area (Å²) in [5.41, 5.74) is 1.78. The number of allylic oxidation sites excluding steroid dienone is 2. The fraction of sp³-hybridized carbons (Fsp3) is 0.444. The number of carbonyl (C=O) groups excluding carboxylic acids is 1. The van der Waals surface area contributed by atoms with Crippen LogP contribution >= 0.6 is 0 Å². The van der Waals surface area contributed by atoms with Crippen LogP contribution in [0.25, 0.3) is 0 Å². The number of amides is 1. The lowest BCUT2D eigenvalue weighted by atomic mass is 10.1. The predicted octanol–water partition coefficient (Wildman–Crippen LogP) is 0.863. The molecule has 0 saturated carbocycles. The summed E-state index contributed by atoms with van der Waals surface area (Å²) in [4.78, 5) is 13.1. The summed E-state index contributed by atoms with van der Waals surface area (Å²) in [6.45, 7) is 7.95. The Hall–Kier alpha value is -0.985. The highest BCUT2D eigenvalue weighted by atomic mass is 16.2. The molecule has 1 aliphatic rings. The van der Waals surface area contributed by atoms with Gasteiger partial charge in [-0.2, -0.15) is 0 Å². The molecule has 64 valence electrons. The summed E-state index contributed by atoms with van der Waals surface area (Å²) in [5, 5.41) is 0. The summed E-state index contributed by atoms with van der Waals surface area (Å²) < 4.78 is 0. The number of rotatable bonds is 1. The van der Waals surface area contributed by atoms with Crippen LogP contribution in [-0.2, 0) is 4.79 Å². The smallest absolute Gasteiger partial charge is 0.241 e. The van der Waals surface area contributed by atoms with Gasteiger partial charge in [0, 0.05) is 17.7 Å². The van der Waals surface area contributed by atoms with Gasteiger partial charge in [-0.3, -0.25) is 4.79 Å². The molecular weight excluding hydrogens is 149 g/mol. The zero-order valence-corrected chi connectivity index (χ0v) is 7.92. The van der Waals surface area contributed by atoms with E-state index in [9.17, 15) is 4.79 Å². The van der Waals surface area contributed by atoms with Gasteiger partial charge in [-0.05, 0) is 5.92 Å². The monoisotopic (exact) mass is 163 g/mol. The van der Waals surface area contributed by atoms with Gasteiger partial charge in [0.25, 0.3) is 0 Å². The first kappa shape index (κ1) is 9.11. The number of hydrogen-bond donors (Lipinski definition) is 0. The molecule has 0 unspecified atom stereocenters. The average molecular weight is 163 g/mol. The molecular formula is C9H14BNO. The van der Waals surface area contributed by atoms with Crippen LogP contribution in [0.5, 0.6) is 0 Å². The van der Waals surface area contributed by atoms with Crippen molar-refractivity contribution < 1.29 is 4.79 Å². The van der Waals surface area contributed by atoms with Crippen molar-refractivity contribution in [3.8, 4) is 0 Å². The SMILES string of the molecule is BN1C(=C)C/C(=C/C(C)C)C1=O. The summed E-state index contributed by atoms with van der Waals surface area (Å²) >= 11 is 0. The van der Waals surface area contributed by atoms with Crippen LogP contribution in [0.4, 0.5) is 0 Å². The normalized spacial score (nSPS) is 21.6. The summed E-state index contributed by atoms with van der Waals surface area (Å²) in [6.07, 6.45) is 2.73. The second kappa shape index (κ2) is 3.17. The average Bonchev–Trinajstić information content (AvgIpc) is 2.17. The van der Waals surface area contributed by atoms with Crippen molar-refractivity contribution in [2.45, 2.75) is 20.3 Å². The maximum atomic E-state index is 11.4. The largest absolute Gasteiger partial charge is 0.365 e. The number of nitrogens with zero attached hydrogens (tertiary/aromatic N) is 1. The Labute approximate surface area is 74.4 Å². The third kappa shape index (κ3) is 1.60. The Morgan fingerprint density at radius 1 is 1.67 bits per heavy atom. The Kier molecular flexibility index (Phi) is 2.41. The Balaban J connectivity index is 2.85. The maximum absolute atomic E-state index is 11.4. The van der Waals surface area contributed by atoms with Crippen LogP contribution in [0.15, 0.2) is 23.9 Å². The van der Waals surface area contributed by atoms with Gasteiger partial charge >= 0.3 is 0 Å². The van der Waals surface area contributed by atoms with E-state index >= 15 is 0 Å². The third-order valence-electron chi connectivity index (χ3n) is 1.98. The molecule has 0 spiro atoms. The van der Waals surface area contributed by atoms with Crippen molar-refractivity contribution in [2.24, 2.45) is 5.92 Å². The molecule has 0 bridgehead atoms. The minimum absolute atomic E-state index is 0.105. The van der Waals surface area contributed by atoms with Crippen molar-refractivity contribution in [1.82, 2.24) is 4.81 Å². The molecule has 1 heterocycles. The summed E-state index contributed by atoms with van der Waals surface area (Å²) in [7, 11) is 1.77. The molecule has 1 saturated heterocycles. The molecule has 2 nitrogen and oxygen atoms in total. The topological polar surface area (TPSA) is 20.3 Å². The van der Waals surface area contributed by atoms with Gasteiger partial charge in [0.05, 0.1) is 0 Å². The van der Waals surface area contributed by atoms with Crippen LogP contribution in [0.3, 0.4) is 0 Å². The zero-order chi connectivity index (χ0) is 9.30. The van der Waals surface area contributed by atoms with Crippen molar-refractivity contribution in [3.05, 3.63) is 23.9 Å². The van der Waals surface area contributed by atoms with E-state index in [1.54, 1.807) is 12.8 Å².